The van der Waals surface area contributed by atoms with E-state index in [-0.39, 0.29) is 0 Å². The number of thiophene rings is 2. The van der Waals surface area contributed by atoms with Gasteiger partial charge in [-0.3, -0.25) is 0 Å². The van der Waals surface area contributed by atoms with E-state index in [1.807, 2.05) is 11.3 Å². The molecule has 10 aromatic rings. The molecule has 1 fully saturated rings. The van der Waals surface area contributed by atoms with Gasteiger partial charge in [0.15, 0.2) is 0 Å². The second-order valence-corrected chi connectivity index (χ2v) is 17.5. The number of nitrogens with zero attached hydrogens (tertiary/aromatic N) is 2. The molecule has 0 amide bonds. The van der Waals surface area contributed by atoms with Gasteiger partial charge in [0.2, 0.25) is 0 Å². The van der Waals surface area contributed by atoms with E-state index in [4.69, 9.17) is 6.42 Å². The Morgan fingerprint density at radius 2 is 1.24 bits per heavy atom. The Hall–Kier alpha value is -6.64. The van der Waals surface area contributed by atoms with Gasteiger partial charge in [0.05, 0.1) is 37.0 Å². The van der Waals surface area contributed by atoms with Crippen LogP contribution in [0.15, 0.2) is 170 Å². The van der Waals surface area contributed by atoms with Crippen molar-refractivity contribution in [2.24, 2.45) is 11.8 Å². The van der Waals surface area contributed by atoms with Crippen molar-refractivity contribution in [1.82, 2.24) is 0 Å². The van der Waals surface area contributed by atoms with Crippen LogP contribution in [0.25, 0.3) is 68.7 Å². The third kappa shape index (κ3) is 4.91. The zero-order valence-electron chi connectivity index (χ0n) is 31.8. The van der Waals surface area contributed by atoms with Gasteiger partial charge in [-0.1, -0.05) is 127 Å². The summed E-state index contributed by atoms with van der Waals surface area (Å²) in [5.41, 5.74) is 8.36. The highest BCUT2D eigenvalue weighted by molar-refractivity contribution is 7.26. The second kappa shape index (κ2) is 12.9. The van der Waals surface area contributed by atoms with Gasteiger partial charge in [0, 0.05) is 54.5 Å². The second-order valence-electron chi connectivity index (χ2n) is 15.5. The lowest BCUT2D eigenvalue weighted by atomic mass is 9.91. The van der Waals surface area contributed by atoms with Crippen molar-refractivity contribution in [2.45, 2.75) is 13.3 Å². The number of rotatable bonds is 7. The zero-order chi connectivity index (χ0) is 38.5. The van der Waals surface area contributed by atoms with Crippen LogP contribution in [0, 0.1) is 24.2 Å². The van der Waals surface area contributed by atoms with Gasteiger partial charge in [-0.25, -0.2) is 0 Å². The third-order valence-corrected chi connectivity index (χ3v) is 14.7. The molecule has 2 aliphatic carbocycles. The van der Waals surface area contributed by atoms with Crippen LogP contribution in [0.3, 0.4) is 0 Å². The number of anilines is 5. The van der Waals surface area contributed by atoms with Crippen molar-refractivity contribution < 1.29 is 0 Å². The highest BCUT2D eigenvalue weighted by Gasteiger charge is 2.42. The maximum absolute atomic E-state index is 6.15. The normalized spacial score (nSPS) is 16.2. The van der Waals surface area contributed by atoms with Gasteiger partial charge in [-0.05, 0) is 89.3 Å². The van der Waals surface area contributed by atoms with Gasteiger partial charge in [-0.2, -0.15) is 0 Å². The molecule has 2 heterocycles. The topological polar surface area (TPSA) is 6.48 Å². The molecule has 2 unspecified atom stereocenters. The molecular formula is C54H36N2S2. The summed E-state index contributed by atoms with van der Waals surface area (Å²) in [6.07, 6.45) is 18.6. The first kappa shape index (κ1) is 33.5. The molecule has 0 N–H and O–H groups in total. The molecule has 4 heteroatoms. The first-order chi connectivity index (χ1) is 28.7. The van der Waals surface area contributed by atoms with E-state index in [0.29, 0.717) is 11.8 Å². The van der Waals surface area contributed by atoms with Crippen LogP contribution >= 0.6 is 22.7 Å². The van der Waals surface area contributed by atoms with Crippen LogP contribution in [0.2, 0.25) is 0 Å². The predicted molar refractivity (Wildman–Crippen MR) is 253 cm³/mol. The summed E-state index contributed by atoms with van der Waals surface area (Å²) in [4.78, 5) is 6.02. The van der Waals surface area contributed by atoms with Crippen LogP contribution in [0.4, 0.5) is 28.4 Å². The molecule has 1 saturated carbocycles. The standard InChI is InChI=1S/C54H36N2S2/c1-3-13-37-39-18-12-22-48(54(39)57-49(37)4-2)56(44-20-10-14-35-32-43(35)44)46-31-27-34-24-28-41-45(30-26-33-25-29-42(46)52(34)51(33)41)55(36-15-6-5-7-16-36)47-21-11-19-40-38-17-8-9-23-50(38)58-53(40)47/h2-3,5-31,35,43H,32H2,1H3/b13-3-. The minimum absolute atomic E-state index is 0.489. The van der Waals surface area contributed by atoms with Gasteiger partial charge in [-0.15, -0.1) is 29.1 Å². The Kier molecular flexibility index (Phi) is 7.48. The summed E-state index contributed by atoms with van der Waals surface area (Å²) in [5.74, 6) is 4.08. The Bertz CT molecular complexity index is 3430. The number of fused-ring (bicyclic) bond motifs is 5. The molecule has 0 radical (unpaired) electrons. The summed E-state index contributed by atoms with van der Waals surface area (Å²) in [6, 6.07) is 51.8. The number of para-hydroxylation sites is 1. The van der Waals surface area contributed by atoms with Crippen molar-refractivity contribution in [3.05, 3.63) is 180 Å². The third-order valence-electron chi connectivity index (χ3n) is 12.3. The molecule has 274 valence electrons. The van der Waals surface area contributed by atoms with Crippen LogP contribution in [0.5, 0.6) is 0 Å². The van der Waals surface area contributed by atoms with E-state index >= 15 is 0 Å². The number of hydrogen-bond acceptors (Lipinski definition) is 4. The number of hydrogen-bond donors (Lipinski definition) is 0. The van der Waals surface area contributed by atoms with Gasteiger partial charge >= 0.3 is 0 Å². The largest absolute Gasteiger partial charge is 0.312 e. The fourth-order valence-corrected chi connectivity index (χ4v) is 11.9. The molecule has 2 aromatic heterocycles. The molecule has 2 nitrogen and oxygen atoms in total. The molecular weight excluding hydrogens is 741 g/mol. The average molecular weight is 777 g/mol. The van der Waals surface area contributed by atoms with Crippen molar-refractivity contribution in [1.29, 1.82) is 0 Å². The van der Waals surface area contributed by atoms with Gasteiger partial charge in [0.25, 0.3) is 0 Å². The summed E-state index contributed by atoms with van der Waals surface area (Å²) >= 11 is 3.61. The van der Waals surface area contributed by atoms with Crippen LogP contribution < -0.4 is 9.80 Å². The maximum atomic E-state index is 6.15. The fraction of sp³-hybridized carbons (Fsp3) is 0.0741. The molecule has 58 heavy (non-hydrogen) atoms. The Morgan fingerprint density at radius 1 is 0.603 bits per heavy atom. The fourth-order valence-electron chi connectivity index (χ4n) is 9.63. The minimum atomic E-state index is 0.489. The summed E-state index contributed by atoms with van der Waals surface area (Å²) in [7, 11) is 0. The quantitative estimate of drug-likeness (QED) is 0.117. The number of terminal acetylenes is 1. The van der Waals surface area contributed by atoms with Crippen molar-refractivity contribution in [3.63, 3.8) is 0 Å². The SMILES string of the molecule is C#Cc1sc2c(N(C3=CC=CC4CC34)c3ccc4ccc5c(N(c6ccccc6)c6cccc7c6sc6ccccc67)ccc6ccc3c4c65)cccc2c1/C=C\C. The minimum Gasteiger partial charge on any atom is -0.312 e. The molecule has 0 bridgehead atoms. The van der Waals surface area contributed by atoms with Crippen LogP contribution in [-0.4, -0.2) is 0 Å². The Balaban J connectivity index is 1.13. The monoisotopic (exact) mass is 776 g/mol. The molecule has 8 aromatic carbocycles. The lowest BCUT2D eigenvalue weighted by Crippen LogP contribution is -2.19. The predicted octanol–water partition coefficient (Wildman–Crippen LogP) is 15.9. The molecule has 2 aliphatic rings. The molecule has 12 rings (SSSR count). The van der Waals surface area contributed by atoms with Crippen LogP contribution in [-0.2, 0) is 0 Å². The van der Waals surface area contributed by atoms with Crippen molar-refractivity contribution in [2.75, 3.05) is 9.80 Å². The Morgan fingerprint density at radius 3 is 1.98 bits per heavy atom. The van der Waals surface area contributed by atoms with E-state index in [1.165, 1.54) is 97.4 Å². The Labute approximate surface area is 345 Å². The number of benzene rings is 8. The van der Waals surface area contributed by atoms with Crippen LogP contribution in [0.1, 0.15) is 23.8 Å². The van der Waals surface area contributed by atoms with E-state index in [0.717, 1.165) is 16.1 Å². The first-order valence-electron chi connectivity index (χ1n) is 20.0. The van der Waals surface area contributed by atoms with E-state index in [2.05, 4.69) is 193 Å². The van der Waals surface area contributed by atoms with E-state index in [1.54, 1.807) is 11.3 Å². The maximum Gasteiger partial charge on any atom is 0.0851 e. The molecule has 2 atom stereocenters. The van der Waals surface area contributed by atoms with Gasteiger partial charge in [0.1, 0.15) is 0 Å². The highest BCUT2D eigenvalue weighted by Crippen LogP contribution is 2.55. The molecule has 0 spiro atoms. The van der Waals surface area contributed by atoms with Crippen molar-refractivity contribution in [3.8, 4) is 12.3 Å². The van der Waals surface area contributed by atoms with Crippen molar-refractivity contribution >= 4 is 120 Å². The molecule has 0 aliphatic heterocycles. The first-order valence-corrected chi connectivity index (χ1v) is 21.6. The summed E-state index contributed by atoms with van der Waals surface area (Å²) < 4.78 is 3.81. The average Bonchev–Trinajstić information content (AvgIpc) is 3.86. The van der Waals surface area contributed by atoms with E-state index in [9.17, 15) is 0 Å². The number of allylic oxidation sites excluding steroid dienone is 5. The lowest BCUT2D eigenvalue weighted by molar-refractivity contribution is 0.874. The lowest BCUT2D eigenvalue weighted by Gasteiger charge is -2.31. The molecule has 0 saturated heterocycles. The summed E-state index contributed by atoms with van der Waals surface area (Å²) in [5, 5.41) is 11.4. The summed E-state index contributed by atoms with van der Waals surface area (Å²) in [6.45, 7) is 2.06. The van der Waals surface area contributed by atoms with Gasteiger partial charge < -0.3 is 9.80 Å². The smallest absolute Gasteiger partial charge is 0.0851 e. The van der Waals surface area contributed by atoms with E-state index < -0.39 is 0 Å². The highest BCUT2D eigenvalue weighted by atomic mass is 32.1. The zero-order valence-corrected chi connectivity index (χ0v) is 33.4.